The fraction of sp³-hybridized carbons (Fsp3) is 0.476. The van der Waals surface area contributed by atoms with Gasteiger partial charge in [-0.25, -0.2) is 9.78 Å². The van der Waals surface area contributed by atoms with Gasteiger partial charge in [-0.3, -0.25) is 0 Å². The normalized spacial score (nSPS) is 14.8. The van der Waals surface area contributed by atoms with E-state index in [1.165, 1.54) is 5.56 Å². The molecule has 0 atom stereocenters. The summed E-state index contributed by atoms with van der Waals surface area (Å²) in [4.78, 5) is 22.5. The van der Waals surface area contributed by atoms with Crippen LogP contribution < -0.4 is 10.6 Å². The molecule has 2 aromatic rings. The zero-order valence-corrected chi connectivity index (χ0v) is 16.8. The molecule has 1 aromatic heterocycles. The molecule has 7 heteroatoms. The molecule has 2 heterocycles. The van der Waals surface area contributed by atoms with Crippen LogP contribution in [0, 0.1) is 0 Å². The van der Waals surface area contributed by atoms with E-state index < -0.39 is 0 Å². The lowest BCUT2D eigenvalue weighted by Crippen LogP contribution is -2.42. The number of benzene rings is 1. The molecule has 0 bridgehead atoms. The molecule has 28 heavy (non-hydrogen) atoms. The van der Waals surface area contributed by atoms with Gasteiger partial charge in [0, 0.05) is 31.0 Å². The van der Waals surface area contributed by atoms with Gasteiger partial charge >= 0.3 is 6.09 Å². The van der Waals surface area contributed by atoms with Gasteiger partial charge in [0.15, 0.2) is 0 Å². The van der Waals surface area contributed by atoms with Gasteiger partial charge in [-0.1, -0.05) is 32.0 Å². The second-order valence-electron chi connectivity index (χ2n) is 7.24. The van der Waals surface area contributed by atoms with Crippen LogP contribution in [0.4, 0.5) is 22.2 Å². The van der Waals surface area contributed by atoms with E-state index in [9.17, 15) is 4.79 Å². The topological polar surface area (TPSA) is 79.4 Å². The number of amides is 1. The lowest BCUT2D eigenvalue weighted by Gasteiger charge is -2.31. The Labute approximate surface area is 166 Å². The van der Waals surface area contributed by atoms with Gasteiger partial charge in [0.2, 0.25) is 5.95 Å². The zero-order valence-electron chi connectivity index (χ0n) is 16.8. The standard InChI is InChI=1S/C21H29N5O2/c1-4-28-21(27)26-13-10-16(11-14-26)23-19-9-12-22-20(25-19)24-18-8-6-5-7-17(18)15(2)3/h5-9,12,15-16H,4,10-11,13-14H2,1-3H3,(H2,22,23,24,25). The van der Waals surface area contributed by atoms with E-state index in [1.807, 2.05) is 31.2 Å². The number of carbonyl (C=O) groups is 1. The van der Waals surface area contributed by atoms with E-state index in [0.717, 1.165) is 24.3 Å². The molecule has 1 fully saturated rings. The maximum atomic E-state index is 11.8. The summed E-state index contributed by atoms with van der Waals surface area (Å²) in [7, 11) is 0. The van der Waals surface area contributed by atoms with Crippen molar-refractivity contribution in [3.63, 3.8) is 0 Å². The minimum Gasteiger partial charge on any atom is -0.450 e. The van der Waals surface area contributed by atoms with Crippen LogP contribution in [0.2, 0.25) is 0 Å². The molecule has 1 amide bonds. The molecule has 0 radical (unpaired) electrons. The maximum absolute atomic E-state index is 11.8. The number of nitrogens with one attached hydrogen (secondary N) is 2. The molecule has 3 rings (SSSR count). The molecule has 1 saturated heterocycles. The predicted octanol–water partition coefficient (Wildman–Crippen LogP) is 4.38. The number of carbonyl (C=O) groups excluding carboxylic acids is 1. The number of hydrogen-bond donors (Lipinski definition) is 2. The third kappa shape index (κ3) is 5.12. The van der Waals surface area contributed by atoms with Crippen LogP contribution in [0.15, 0.2) is 36.5 Å². The number of hydrogen-bond acceptors (Lipinski definition) is 6. The highest BCUT2D eigenvalue weighted by molar-refractivity contribution is 5.67. The molecule has 1 aliphatic heterocycles. The van der Waals surface area contributed by atoms with Crippen molar-refractivity contribution in [2.75, 3.05) is 30.3 Å². The highest BCUT2D eigenvalue weighted by Crippen LogP contribution is 2.26. The Balaban J connectivity index is 1.60. The van der Waals surface area contributed by atoms with Crippen LogP contribution >= 0.6 is 0 Å². The summed E-state index contributed by atoms with van der Waals surface area (Å²) in [5.41, 5.74) is 2.26. The van der Waals surface area contributed by atoms with Crippen LogP contribution in [0.5, 0.6) is 0 Å². The Hall–Kier alpha value is -2.83. The Kier molecular flexibility index (Phi) is 6.68. The quantitative estimate of drug-likeness (QED) is 0.771. The number of rotatable bonds is 6. The fourth-order valence-electron chi connectivity index (χ4n) is 3.36. The van der Waals surface area contributed by atoms with Crippen LogP contribution in [-0.4, -0.2) is 46.7 Å². The smallest absolute Gasteiger partial charge is 0.409 e. The predicted molar refractivity (Wildman–Crippen MR) is 111 cm³/mol. The van der Waals surface area contributed by atoms with E-state index in [2.05, 4.69) is 40.5 Å². The summed E-state index contributed by atoms with van der Waals surface area (Å²) in [5, 5.41) is 6.80. The first-order valence-electron chi connectivity index (χ1n) is 9.94. The van der Waals surface area contributed by atoms with Gasteiger partial charge in [0.1, 0.15) is 5.82 Å². The van der Waals surface area contributed by atoms with E-state index in [1.54, 1.807) is 11.1 Å². The Morgan fingerprint density at radius 3 is 2.71 bits per heavy atom. The van der Waals surface area contributed by atoms with Crippen molar-refractivity contribution in [3.05, 3.63) is 42.1 Å². The molecule has 0 spiro atoms. The second-order valence-corrected chi connectivity index (χ2v) is 7.24. The van der Waals surface area contributed by atoms with Crippen molar-refractivity contribution in [1.29, 1.82) is 0 Å². The van der Waals surface area contributed by atoms with Crippen molar-refractivity contribution in [1.82, 2.24) is 14.9 Å². The lowest BCUT2D eigenvalue weighted by atomic mass is 10.0. The van der Waals surface area contributed by atoms with Gasteiger partial charge in [0.05, 0.1) is 6.61 Å². The van der Waals surface area contributed by atoms with Crippen molar-refractivity contribution < 1.29 is 9.53 Å². The summed E-state index contributed by atoms with van der Waals surface area (Å²) in [6.07, 6.45) is 3.26. The van der Waals surface area contributed by atoms with E-state index in [4.69, 9.17) is 4.74 Å². The molecule has 0 saturated carbocycles. The molecule has 0 unspecified atom stereocenters. The number of nitrogens with zero attached hydrogens (tertiary/aromatic N) is 3. The second kappa shape index (κ2) is 9.39. The van der Waals surface area contributed by atoms with Crippen molar-refractivity contribution in [3.8, 4) is 0 Å². The molecule has 7 nitrogen and oxygen atoms in total. The third-order valence-electron chi connectivity index (χ3n) is 4.86. The van der Waals surface area contributed by atoms with Gasteiger partial charge in [-0.2, -0.15) is 4.98 Å². The number of aromatic nitrogens is 2. The van der Waals surface area contributed by atoms with Gasteiger partial charge in [0.25, 0.3) is 0 Å². The first-order chi connectivity index (χ1) is 13.6. The molecule has 150 valence electrons. The number of anilines is 3. The van der Waals surface area contributed by atoms with Crippen molar-refractivity contribution in [2.24, 2.45) is 0 Å². The third-order valence-corrected chi connectivity index (χ3v) is 4.86. The van der Waals surface area contributed by atoms with Crippen LogP contribution in [0.3, 0.4) is 0 Å². The van der Waals surface area contributed by atoms with Crippen LogP contribution in [0.25, 0.3) is 0 Å². The number of piperidine rings is 1. The average molecular weight is 383 g/mol. The number of ether oxygens (including phenoxy) is 1. The summed E-state index contributed by atoms with van der Waals surface area (Å²) < 4.78 is 5.07. The fourth-order valence-corrected chi connectivity index (χ4v) is 3.36. The lowest BCUT2D eigenvalue weighted by molar-refractivity contribution is 0.0983. The molecular weight excluding hydrogens is 354 g/mol. The Bertz CT molecular complexity index is 788. The highest BCUT2D eigenvalue weighted by Gasteiger charge is 2.23. The number of likely N-dealkylation sites (tertiary alicyclic amines) is 1. The van der Waals surface area contributed by atoms with Gasteiger partial charge in [-0.15, -0.1) is 0 Å². The largest absolute Gasteiger partial charge is 0.450 e. The Morgan fingerprint density at radius 1 is 1.25 bits per heavy atom. The first-order valence-corrected chi connectivity index (χ1v) is 9.94. The molecule has 1 aromatic carbocycles. The zero-order chi connectivity index (χ0) is 19.9. The highest BCUT2D eigenvalue weighted by atomic mass is 16.6. The average Bonchev–Trinajstić information content (AvgIpc) is 2.69. The summed E-state index contributed by atoms with van der Waals surface area (Å²) >= 11 is 0. The first kappa shape index (κ1) is 19.9. The monoisotopic (exact) mass is 383 g/mol. The molecular formula is C21H29N5O2. The van der Waals surface area contributed by atoms with Gasteiger partial charge in [-0.05, 0) is 43.4 Å². The van der Waals surface area contributed by atoms with E-state index in [0.29, 0.717) is 31.6 Å². The summed E-state index contributed by atoms with van der Waals surface area (Å²) in [5.74, 6) is 1.77. The van der Waals surface area contributed by atoms with Crippen LogP contribution in [-0.2, 0) is 4.74 Å². The maximum Gasteiger partial charge on any atom is 0.409 e. The molecule has 0 aliphatic carbocycles. The van der Waals surface area contributed by atoms with Gasteiger partial charge < -0.3 is 20.3 Å². The molecule has 1 aliphatic rings. The SMILES string of the molecule is CCOC(=O)N1CCC(Nc2ccnc(Nc3ccccc3C(C)C)n2)CC1. The van der Waals surface area contributed by atoms with Crippen LogP contribution in [0.1, 0.15) is 45.1 Å². The summed E-state index contributed by atoms with van der Waals surface area (Å²) in [6, 6.07) is 10.4. The molecule has 2 N–H and O–H groups in total. The number of para-hydroxylation sites is 1. The minimum absolute atomic E-state index is 0.224. The van der Waals surface area contributed by atoms with Crippen molar-refractivity contribution >= 4 is 23.5 Å². The van der Waals surface area contributed by atoms with E-state index >= 15 is 0 Å². The summed E-state index contributed by atoms with van der Waals surface area (Å²) in [6.45, 7) is 7.95. The van der Waals surface area contributed by atoms with E-state index in [-0.39, 0.29) is 12.1 Å². The Morgan fingerprint density at radius 2 is 2.00 bits per heavy atom. The van der Waals surface area contributed by atoms with Crippen molar-refractivity contribution in [2.45, 2.75) is 45.6 Å². The minimum atomic E-state index is -0.224.